The van der Waals surface area contributed by atoms with E-state index in [9.17, 15) is 4.79 Å². The minimum atomic E-state index is -0.144. The molecule has 2 amide bonds. The number of aromatic nitrogens is 2. The van der Waals surface area contributed by atoms with Gasteiger partial charge in [0.05, 0.1) is 0 Å². The van der Waals surface area contributed by atoms with Gasteiger partial charge >= 0.3 is 6.03 Å². The summed E-state index contributed by atoms with van der Waals surface area (Å²) in [6.45, 7) is 5.64. The molecule has 0 atom stereocenters. The van der Waals surface area contributed by atoms with Gasteiger partial charge in [0.25, 0.3) is 0 Å². The molecule has 0 aliphatic carbocycles. The lowest BCUT2D eigenvalue weighted by atomic mass is 10.1. The van der Waals surface area contributed by atoms with Gasteiger partial charge in [-0.25, -0.2) is 4.79 Å². The Labute approximate surface area is 118 Å². The van der Waals surface area contributed by atoms with Gasteiger partial charge in [-0.1, -0.05) is 6.58 Å². The largest absolute Gasteiger partial charge is 0.355 e. The van der Waals surface area contributed by atoms with Crippen molar-refractivity contribution in [3.63, 3.8) is 0 Å². The van der Waals surface area contributed by atoms with Crippen molar-refractivity contribution in [2.45, 2.75) is 18.9 Å². The Morgan fingerprint density at radius 2 is 2.35 bits per heavy atom. The molecule has 1 aliphatic rings. The molecule has 20 heavy (non-hydrogen) atoms. The van der Waals surface area contributed by atoms with Crippen LogP contribution in [0.1, 0.15) is 12.8 Å². The van der Waals surface area contributed by atoms with Gasteiger partial charge in [0.2, 0.25) is 0 Å². The summed E-state index contributed by atoms with van der Waals surface area (Å²) in [5, 5.41) is 13.7. The second-order valence-corrected chi connectivity index (χ2v) is 4.61. The third-order valence-electron chi connectivity index (χ3n) is 3.22. The van der Waals surface area contributed by atoms with Crippen LogP contribution in [0.2, 0.25) is 0 Å². The van der Waals surface area contributed by atoms with Crippen molar-refractivity contribution in [2.75, 3.05) is 24.5 Å². The number of hydrogen-bond donors (Lipinski definition) is 2. The SMILES string of the molecule is C=C=CCNC(=O)NC1CCN(c2cccnn2)CC1. The molecule has 0 bridgehead atoms. The highest BCUT2D eigenvalue weighted by molar-refractivity contribution is 5.74. The van der Waals surface area contributed by atoms with Crippen molar-refractivity contribution in [1.29, 1.82) is 0 Å². The van der Waals surface area contributed by atoms with Crippen molar-refractivity contribution in [2.24, 2.45) is 0 Å². The van der Waals surface area contributed by atoms with Gasteiger partial charge in [-0.3, -0.25) is 0 Å². The van der Waals surface area contributed by atoms with Gasteiger partial charge in [0, 0.05) is 31.9 Å². The number of hydrogen-bond acceptors (Lipinski definition) is 4. The Balaban J connectivity index is 1.74. The Hall–Kier alpha value is -2.33. The highest BCUT2D eigenvalue weighted by atomic mass is 16.2. The summed E-state index contributed by atoms with van der Waals surface area (Å²) in [5.41, 5.74) is 2.61. The van der Waals surface area contributed by atoms with Gasteiger partial charge in [-0.2, -0.15) is 5.10 Å². The maximum absolute atomic E-state index is 11.6. The Kier molecular flexibility index (Phi) is 5.15. The summed E-state index contributed by atoms with van der Waals surface area (Å²) in [5.74, 6) is 0.895. The number of nitrogens with one attached hydrogen (secondary N) is 2. The van der Waals surface area contributed by atoms with E-state index in [1.54, 1.807) is 12.3 Å². The first kappa shape index (κ1) is 14.1. The molecular weight excluding hydrogens is 254 g/mol. The zero-order valence-electron chi connectivity index (χ0n) is 11.4. The van der Waals surface area contributed by atoms with Gasteiger partial charge in [-0.15, -0.1) is 10.8 Å². The molecule has 1 aliphatic heterocycles. The van der Waals surface area contributed by atoms with Crippen molar-refractivity contribution in [3.8, 4) is 0 Å². The topological polar surface area (TPSA) is 70.2 Å². The van der Waals surface area contributed by atoms with E-state index in [1.807, 2.05) is 12.1 Å². The van der Waals surface area contributed by atoms with Gasteiger partial charge < -0.3 is 15.5 Å². The number of rotatable bonds is 4. The fourth-order valence-electron chi connectivity index (χ4n) is 2.17. The zero-order chi connectivity index (χ0) is 14.2. The molecule has 1 aromatic rings. The average Bonchev–Trinajstić information content (AvgIpc) is 2.49. The van der Waals surface area contributed by atoms with Crippen LogP contribution < -0.4 is 15.5 Å². The molecular formula is C14H19N5O. The minimum Gasteiger partial charge on any atom is -0.355 e. The predicted octanol–water partition coefficient (Wildman–Crippen LogP) is 1.09. The van der Waals surface area contributed by atoms with E-state index in [-0.39, 0.29) is 12.1 Å². The summed E-state index contributed by atoms with van der Waals surface area (Å²) < 4.78 is 0. The number of nitrogens with zero attached hydrogens (tertiary/aromatic N) is 3. The Morgan fingerprint density at radius 1 is 1.55 bits per heavy atom. The molecule has 1 fully saturated rings. The fraction of sp³-hybridized carbons (Fsp3) is 0.429. The monoisotopic (exact) mass is 273 g/mol. The number of carbonyl (C=O) groups is 1. The normalized spacial score (nSPS) is 15.3. The highest BCUT2D eigenvalue weighted by Crippen LogP contribution is 2.16. The van der Waals surface area contributed by atoms with Crippen molar-refractivity contribution in [1.82, 2.24) is 20.8 Å². The fourth-order valence-corrected chi connectivity index (χ4v) is 2.17. The van der Waals surface area contributed by atoms with E-state index in [4.69, 9.17) is 0 Å². The first-order valence-corrected chi connectivity index (χ1v) is 6.71. The van der Waals surface area contributed by atoms with Crippen molar-refractivity contribution >= 4 is 11.8 Å². The van der Waals surface area contributed by atoms with Gasteiger partial charge in [-0.05, 0) is 31.1 Å². The molecule has 106 valence electrons. The number of urea groups is 1. The lowest BCUT2D eigenvalue weighted by Crippen LogP contribution is -2.48. The number of carbonyl (C=O) groups excluding carboxylic acids is 1. The lowest BCUT2D eigenvalue weighted by molar-refractivity contribution is 0.235. The highest BCUT2D eigenvalue weighted by Gasteiger charge is 2.21. The molecule has 2 heterocycles. The molecule has 0 saturated carbocycles. The standard InChI is InChI=1S/C14H19N5O/c1-2-3-8-15-14(20)17-12-6-10-19(11-7-12)13-5-4-9-16-18-13/h3-5,9,12H,1,6-8,10-11H2,(H2,15,17,20). The minimum absolute atomic E-state index is 0.144. The summed E-state index contributed by atoms with van der Waals surface area (Å²) in [4.78, 5) is 13.8. The second kappa shape index (κ2) is 7.31. The van der Waals surface area contributed by atoms with E-state index >= 15 is 0 Å². The summed E-state index contributed by atoms with van der Waals surface area (Å²) >= 11 is 0. The van der Waals surface area contributed by atoms with E-state index in [0.29, 0.717) is 6.54 Å². The second-order valence-electron chi connectivity index (χ2n) is 4.61. The van der Waals surface area contributed by atoms with Crippen molar-refractivity contribution < 1.29 is 4.79 Å². The van der Waals surface area contributed by atoms with Crippen LogP contribution in [0.3, 0.4) is 0 Å². The smallest absolute Gasteiger partial charge is 0.315 e. The van der Waals surface area contributed by atoms with Crippen LogP contribution in [0.4, 0.5) is 10.6 Å². The summed E-state index contributed by atoms with van der Waals surface area (Å²) in [7, 11) is 0. The molecule has 2 rings (SSSR count). The number of piperidine rings is 1. The van der Waals surface area contributed by atoms with Crippen LogP contribution in [0.5, 0.6) is 0 Å². The molecule has 2 N–H and O–H groups in total. The van der Waals surface area contributed by atoms with E-state index in [1.165, 1.54) is 0 Å². The first-order valence-electron chi connectivity index (χ1n) is 6.71. The lowest BCUT2D eigenvalue weighted by Gasteiger charge is -2.32. The summed E-state index contributed by atoms with van der Waals surface area (Å²) in [6.07, 6.45) is 5.15. The predicted molar refractivity (Wildman–Crippen MR) is 77.5 cm³/mol. The van der Waals surface area contributed by atoms with Crippen LogP contribution in [-0.4, -0.2) is 41.9 Å². The quantitative estimate of drug-likeness (QED) is 0.806. The maximum Gasteiger partial charge on any atom is 0.315 e. The van der Waals surface area contributed by atoms with Gasteiger partial charge in [0.15, 0.2) is 5.82 Å². The third-order valence-corrected chi connectivity index (χ3v) is 3.22. The molecule has 6 nitrogen and oxygen atoms in total. The molecule has 1 saturated heterocycles. The molecule has 0 spiro atoms. The Morgan fingerprint density at radius 3 is 3.00 bits per heavy atom. The van der Waals surface area contributed by atoms with Crippen molar-refractivity contribution in [3.05, 3.63) is 36.7 Å². The number of anilines is 1. The van der Waals surface area contributed by atoms with E-state index in [2.05, 4.69) is 38.0 Å². The van der Waals surface area contributed by atoms with Crippen LogP contribution in [-0.2, 0) is 0 Å². The molecule has 6 heteroatoms. The molecule has 0 aromatic carbocycles. The van der Waals surface area contributed by atoms with Crippen LogP contribution in [0, 0.1) is 0 Å². The van der Waals surface area contributed by atoms with Gasteiger partial charge in [0.1, 0.15) is 0 Å². The van der Waals surface area contributed by atoms with E-state index < -0.39 is 0 Å². The van der Waals surface area contributed by atoms with E-state index in [0.717, 1.165) is 31.7 Å². The Bertz CT molecular complexity index is 476. The maximum atomic E-state index is 11.6. The molecule has 0 unspecified atom stereocenters. The first-order chi connectivity index (χ1) is 9.79. The number of amides is 2. The molecule has 0 radical (unpaired) electrons. The summed E-state index contributed by atoms with van der Waals surface area (Å²) in [6, 6.07) is 3.90. The average molecular weight is 273 g/mol. The zero-order valence-corrected chi connectivity index (χ0v) is 11.4. The third kappa shape index (κ3) is 4.10. The van der Waals surface area contributed by atoms with Crippen LogP contribution in [0.15, 0.2) is 36.7 Å². The molecule has 1 aromatic heterocycles. The van der Waals surface area contributed by atoms with Crippen LogP contribution in [0.25, 0.3) is 0 Å². The van der Waals surface area contributed by atoms with Crippen LogP contribution >= 0.6 is 0 Å².